The second-order valence-corrected chi connectivity index (χ2v) is 3.31. The maximum absolute atomic E-state index is 5.79. The molecule has 0 bridgehead atoms. The second kappa shape index (κ2) is 2.99. The number of anilines is 1. The van der Waals surface area contributed by atoms with Crippen LogP contribution in [0.5, 0.6) is 0 Å². The van der Waals surface area contributed by atoms with E-state index in [9.17, 15) is 0 Å². The Kier molecular flexibility index (Phi) is 1.84. The van der Waals surface area contributed by atoms with E-state index in [4.69, 9.17) is 5.73 Å². The number of nitrogen functional groups attached to an aromatic ring is 1. The lowest BCUT2D eigenvalue weighted by atomic mass is 10.1. The van der Waals surface area contributed by atoms with E-state index in [1.807, 2.05) is 17.5 Å². The summed E-state index contributed by atoms with van der Waals surface area (Å²) in [6.45, 7) is 0. The van der Waals surface area contributed by atoms with Crippen molar-refractivity contribution in [2.24, 2.45) is 0 Å². The zero-order valence-electron chi connectivity index (χ0n) is 6.45. The predicted molar refractivity (Wildman–Crippen MR) is 53.0 cm³/mol. The fraction of sp³-hybridized carbons (Fsp3) is 0. The average Bonchev–Trinajstić information content (AvgIpc) is 2.57. The molecule has 1 aromatic heterocycles. The van der Waals surface area contributed by atoms with Crippen molar-refractivity contribution < 1.29 is 0 Å². The summed E-state index contributed by atoms with van der Waals surface area (Å²) >= 11 is 1.68. The highest BCUT2D eigenvalue weighted by atomic mass is 32.1. The Hall–Kier alpha value is -1.28. The van der Waals surface area contributed by atoms with Crippen molar-refractivity contribution in [3.63, 3.8) is 0 Å². The van der Waals surface area contributed by atoms with Gasteiger partial charge in [0.2, 0.25) is 0 Å². The Morgan fingerprint density at radius 2 is 2.25 bits per heavy atom. The standard InChI is InChI=1S/C10H8NS/c11-10-4-2-1-3-9(10)8-5-6-12-7-8/h1,3-7H,11H2. The Labute approximate surface area is 75.5 Å². The Morgan fingerprint density at radius 1 is 1.33 bits per heavy atom. The van der Waals surface area contributed by atoms with Gasteiger partial charge in [-0.15, -0.1) is 0 Å². The van der Waals surface area contributed by atoms with Gasteiger partial charge in [0.1, 0.15) is 0 Å². The van der Waals surface area contributed by atoms with Crippen LogP contribution in [0.3, 0.4) is 0 Å². The van der Waals surface area contributed by atoms with Crippen molar-refractivity contribution >= 4 is 17.0 Å². The predicted octanol–water partition coefficient (Wildman–Crippen LogP) is 2.80. The summed E-state index contributed by atoms with van der Waals surface area (Å²) in [6.07, 6.45) is 0. The smallest absolute Gasteiger partial charge is 0.0400 e. The van der Waals surface area contributed by atoms with E-state index in [0.717, 1.165) is 11.3 Å². The molecule has 59 valence electrons. The largest absolute Gasteiger partial charge is 0.398 e. The molecule has 0 amide bonds. The summed E-state index contributed by atoms with van der Waals surface area (Å²) in [5.74, 6) is 0. The lowest BCUT2D eigenvalue weighted by Crippen LogP contribution is -1.87. The molecule has 0 aliphatic rings. The molecule has 0 saturated carbocycles. The molecule has 0 fully saturated rings. The summed E-state index contributed by atoms with van der Waals surface area (Å²) in [7, 11) is 0. The second-order valence-electron chi connectivity index (χ2n) is 2.53. The van der Waals surface area contributed by atoms with Gasteiger partial charge in [0.05, 0.1) is 0 Å². The van der Waals surface area contributed by atoms with Crippen molar-refractivity contribution in [2.45, 2.75) is 0 Å². The van der Waals surface area contributed by atoms with Gasteiger partial charge < -0.3 is 5.73 Å². The average molecular weight is 174 g/mol. The lowest BCUT2D eigenvalue weighted by Gasteiger charge is -2.00. The minimum atomic E-state index is 0.788. The number of rotatable bonds is 1. The molecule has 1 aromatic carbocycles. The highest BCUT2D eigenvalue weighted by molar-refractivity contribution is 7.08. The number of nitrogens with two attached hydrogens (primary N) is 1. The van der Waals surface area contributed by atoms with Gasteiger partial charge in [-0.25, -0.2) is 0 Å². The maximum atomic E-state index is 5.79. The highest BCUT2D eigenvalue weighted by Crippen LogP contribution is 2.26. The molecule has 12 heavy (non-hydrogen) atoms. The molecule has 0 unspecified atom stereocenters. The van der Waals surface area contributed by atoms with E-state index in [2.05, 4.69) is 17.5 Å². The van der Waals surface area contributed by atoms with Crippen LogP contribution in [0.15, 0.2) is 35.0 Å². The Morgan fingerprint density at radius 3 is 2.92 bits per heavy atom. The van der Waals surface area contributed by atoms with Gasteiger partial charge >= 0.3 is 0 Å². The number of hydrogen-bond acceptors (Lipinski definition) is 2. The zero-order valence-corrected chi connectivity index (χ0v) is 7.27. The summed E-state index contributed by atoms with van der Waals surface area (Å²) in [5, 5.41) is 4.14. The van der Waals surface area contributed by atoms with Crippen LogP contribution < -0.4 is 5.73 Å². The van der Waals surface area contributed by atoms with Gasteiger partial charge in [-0.05, 0) is 34.5 Å². The molecule has 1 heterocycles. The van der Waals surface area contributed by atoms with Gasteiger partial charge in [0.15, 0.2) is 0 Å². The lowest BCUT2D eigenvalue weighted by molar-refractivity contribution is 1.64. The monoisotopic (exact) mass is 174 g/mol. The molecular weight excluding hydrogens is 166 g/mol. The quantitative estimate of drug-likeness (QED) is 0.661. The van der Waals surface area contributed by atoms with Crippen LogP contribution in [-0.2, 0) is 0 Å². The number of benzene rings is 1. The van der Waals surface area contributed by atoms with Crippen LogP contribution in [0.25, 0.3) is 11.1 Å². The third-order valence-corrected chi connectivity index (χ3v) is 2.41. The molecule has 2 N–H and O–H groups in total. The molecule has 0 spiro atoms. The van der Waals surface area contributed by atoms with E-state index in [1.54, 1.807) is 17.4 Å². The van der Waals surface area contributed by atoms with E-state index in [1.165, 1.54) is 5.56 Å². The normalized spacial score (nSPS) is 10.0. The first kappa shape index (κ1) is 7.37. The molecule has 2 rings (SSSR count). The van der Waals surface area contributed by atoms with Crippen LogP contribution >= 0.6 is 11.3 Å². The molecule has 0 aliphatic heterocycles. The zero-order chi connectivity index (χ0) is 8.39. The van der Waals surface area contributed by atoms with E-state index >= 15 is 0 Å². The third kappa shape index (κ3) is 1.21. The number of hydrogen-bond donors (Lipinski definition) is 1. The molecule has 2 aromatic rings. The fourth-order valence-corrected chi connectivity index (χ4v) is 1.78. The van der Waals surface area contributed by atoms with Gasteiger partial charge in [0, 0.05) is 11.3 Å². The molecule has 2 heteroatoms. The van der Waals surface area contributed by atoms with Gasteiger partial charge in [-0.3, -0.25) is 0 Å². The highest BCUT2D eigenvalue weighted by Gasteiger charge is 1.99. The van der Waals surface area contributed by atoms with Gasteiger partial charge in [-0.1, -0.05) is 12.1 Å². The first-order valence-corrected chi connectivity index (χ1v) is 4.60. The minimum absolute atomic E-state index is 0.788. The van der Waals surface area contributed by atoms with Crippen LogP contribution in [0, 0.1) is 6.07 Å². The summed E-state index contributed by atoms with van der Waals surface area (Å²) in [4.78, 5) is 0. The van der Waals surface area contributed by atoms with Crippen molar-refractivity contribution in [1.29, 1.82) is 0 Å². The molecule has 0 aliphatic carbocycles. The summed E-state index contributed by atoms with van der Waals surface area (Å²) in [5.41, 5.74) is 8.85. The maximum Gasteiger partial charge on any atom is 0.0400 e. The first-order chi connectivity index (χ1) is 5.88. The molecule has 1 radical (unpaired) electrons. The van der Waals surface area contributed by atoms with Gasteiger partial charge in [-0.2, -0.15) is 11.3 Å². The van der Waals surface area contributed by atoms with Gasteiger partial charge in [0.25, 0.3) is 0 Å². The van der Waals surface area contributed by atoms with Crippen LogP contribution in [-0.4, -0.2) is 0 Å². The SMILES string of the molecule is Nc1c[c]ccc1-c1ccsc1. The molecular formula is C10H8NS. The molecule has 0 atom stereocenters. The third-order valence-electron chi connectivity index (χ3n) is 1.73. The van der Waals surface area contributed by atoms with Crippen molar-refractivity contribution in [1.82, 2.24) is 0 Å². The molecule has 0 saturated heterocycles. The van der Waals surface area contributed by atoms with Crippen LogP contribution in [0.2, 0.25) is 0 Å². The van der Waals surface area contributed by atoms with Crippen molar-refractivity contribution in [3.8, 4) is 11.1 Å². The first-order valence-electron chi connectivity index (χ1n) is 3.66. The van der Waals surface area contributed by atoms with E-state index in [-0.39, 0.29) is 0 Å². The summed E-state index contributed by atoms with van der Waals surface area (Å²) in [6, 6.07) is 10.7. The van der Waals surface area contributed by atoms with E-state index in [0.29, 0.717) is 0 Å². The van der Waals surface area contributed by atoms with Crippen molar-refractivity contribution in [2.75, 3.05) is 5.73 Å². The topological polar surface area (TPSA) is 26.0 Å². The van der Waals surface area contributed by atoms with Crippen LogP contribution in [0.4, 0.5) is 5.69 Å². The van der Waals surface area contributed by atoms with E-state index < -0.39 is 0 Å². The van der Waals surface area contributed by atoms with Crippen molar-refractivity contribution in [3.05, 3.63) is 41.1 Å². The summed E-state index contributed by atoms with van der Waals surface area (Å²) < 4.78 is 0. The minimum Gasteiger partial charge on any atom is -0.398 e. The Bertz CT molecular complexity index is 365. The Balaban J connectivity index is 2.55. The van der Waals surface area contributed by atoms with Crippen LogP contribution in [0.1, 0.15) is 0 Å². The molecule has 1 nitrogen and oxygen atoms in total. The number of thiophene rings is 1. The fourth-order valence-electron chi connectivity index (χ4n) is 1.12.